The number of allylic oxidation sites excluding steroid dienone is 3. The van der Waals surface area contributed by atoms with Crippen molar-refractivity contribution >= 4 is 34.2 Å². The third-order valence-electron chi connectivity index (χ3n) is 2.03. The number of rotatable bonds is 2. The van der Waals surface area contributed by atoms with E-state index in [0.29, 0.717) is 9.80 Å². The summed E-state index contributed by atoms with van der Waals surface area (Å²) < 4.78 is 29.3. The lowest BCUT2D eigenvalue weighted by Gasteiger charge is -2.03. The molecule has 2 rings (SSSR count). The maximum atomic E-state index is 12.2. The minimum atomic E-state index is -3.36. The minimum absolute atomic E-state index is 0.261. The molecule has 0 unspecified atom stereocenters. The quantitative estimate of drug-likeness (QED) is 0.774. The molecule has 0 atom stereocenters. The highest BCUT2D eigenvalue weighted by atomic mass is 127. The number of hydrogen-bond donors (Lipinski definition) is 0. The molecule has 82 valence electrons. The first-order chi connectivity index (χ1) is 7.71. The van der Waals surface area contributed by atoms with Gasteiger partial charge in [0.25, 0.3) is 0 Å². The van der Waals surface area contributed by atoms with Crippen LogP contribution in [0.2, 0.25) is 0 Å². The molecule has 1 aromatic rings. The molecule has 16 heavy (non-hydrogen) atoms. The molecule has 1 aromatic carbocycles. The van der Waals surface area contributed by atoms with Gasteiger partial charge in [0.05, 0.1) is 9.80 Å². The van der Waals surface area contributed by atoms with Gasteiger partial charge in [-0.3, -0.25) is 0 Å². The van der Waals surface area contributed by atoms with Crippen molar-refractivity contribution in [3.63, 3.8) is 0 Å². The fourth-order valence-corrected chi connectivity index (χ4v) is 3.94. The Labute approximate surface area is 105 Å². The van der Waals surface area contributed by atoms with Gasteiger partial charge < -0.3 is 0 Å². The van der Waals surface area contributed by atoms with E-state index >= 15 is 0 Å². The second kappa shape index (κ2) is 4.91. The molecule has 1 heterocycles. The van der Waals surface area contributed by atoms with Crippen molar-refractivity contribution in [1.29, 1.82) is 0 Å². The summed E-state index contributed by atoms with van der Waals surface area (Å²) in [4.78, 5) is 0.669. The lowest BCUT2D eigenvalue weighted by Crippen LogP contribution is -2.02. The predicted octanol–water partition coefficient (Wildman–Crippen LogP) is 2.80. The van der Waals surface area contributed by atoms with Gasteiger partial charge in [-0.1, -0.05) is 21.9 Å². The standard InChI is InChI=1S/C12H9IO2S/c14-16(15,11-5-2-1-3-6-11)12-7-4-9-13-10-8-12/h1-8,10H. The Morgan fingerprint density at radius 1 is 1.12 bits per heavy atom. The maximum absolute atomic E-state index is 12.2. The number of benzene rings is 1. The van der Waals surface area contributed by atoms with Crippen molar-refractivity contribution in [2.24, 2.45) is 0 Å². The first kappa shape index (κ1) is 11.5. The molecule has 0 fully saturated rings. The van der Waals surface area contributed by atoms with Crippen LogP contribution in [0, 0.1) is 0 Å². The van der Waals surface area contributed by atoms with Crippen LogP contribution >= 0.6 is 20.7 Å². The molecule has 1 aliphatic heterocycles. The lowest BCUT2D eigenvalue weighted by molar-refractivity contribution is 0.603. The largest absolute Gasteiger partial charge is 0.219 e. The molecule has 0 spiro atoms. The zero-order valence-corrected chi connectivity index (χ0v) is 11.3. The van der Waals surface area contributed by atoms with Crippen LogP contribution < -0.4 is 0 Å². The van der Waals surface area contributed by atoms with Gasteiger partial charge in [-0.05, 0) is 55.2 Å². The first-order valence-corrected chi connectivity index (χ1v) is 8.40. The average Bonchev–Trinajstić information content (AvgIpc) is 2.59. The average molecular weight is 344 g/mol. The molecule has 0 N–H and O–H groups in total. The summed E-state index contributed by atoms with van der Waals surface area (Å²) in [5.74, 6) is 0. The third-order valence-corrected chi connectivity index (χ3v) is 5.25. The van der Waals surface area contributed by atoms with Gasteiger partial charge in [0.2, 0.25) is 9.84 Å². The normalized spacial score (nSPS) is 15.1. The summed E-state index contributed by atoms with van der Waals surface area (Å²) in [5, 5.41) is 0. The number of sulfone groups is 1. The molecule has 1 aliphatic rings. The van der Waals surface area contributed by atoms with E-state index in [1.165, 1.54) is 0 Å². The Balaban J connectivity index is 2.49. The van der Waals surface area contributed by atoms with Crippen LogP contribution in [0.3, 0.4) is 0 Å². The van der Waals surface area contributed by atoms with E-state index in [9.17, 15) is 8.42 Å². The monoisotopic (exact) mass is 344 g/mol. The van der Waals surface area contributed by atoms with Gasteiger partial charge >= 0.3 is 0 Å². The zero-order valence-electron chi connectivity index (χ0n) is 8.30. The Morgan fingerprint density at radius 3 is 2.62 bits per heavy atom. The van der Waals surface area contributed by atoms with Crippen molar-refractivity contribution in [2.75, 3.05) is 0 Å². The molecular weight excluding hydrogens is 335 g/mol. The lowest BCUT2D eigenvalue weighted by atomic mass is 10.4. The van der Waals surface area contributed by atoms with E-state index in [4.69, 9.17) is 0 Å². The fourth-order valence-electron chi connectivity index (χ4n) is 1.25. The molecule has 0 amide bonds. The van der Waals surface area contributed by atoms with E-state index in [0.717, 1.165) is 0 Å². The Morgan fingerprint density at radius 2 is 1.88 bits per heavy atom. The second-order valence-electron chi connectivity index (χ2n) is 3.06. The summed E-state index contributed by atoms with van der Waals surface area (Å²) in [6, 6.07) is 8.47. The van der Waals surface area contributed by atoms with Crippen molar-refractivity contribution in [3.05, 3.63) is 57.5 Å². The van der Waals surface area contributed by atoms with Gasteiger partial charge in [-0.15, -0.1) is 0 Å². The highest BCUT2D eigenvalue weighted by Gasteiger charge is 2.17. The van der Waals surface area contributed by atoms with Gasteiger partial charge in [0.15, 0.2) is 0 Å². The van der Waals surface area contributed by atoms with E-state index in [-0.39, 0.29) is 20.7 Å². The SMILES string of the molecule is O=S(=O)(C1=CC=C=IC=C1)c1ccccc1. The van der Waals surface area contributed by atoms with Crippen LogP contribution in [0.15, 0.2) is 62.4 Å². The van der Waals surface area contributed by atoms with Gasteiger partial charge in [0, 0.05) is 0 Å². The van der Waals surface area contributed by atoms with Crippen molar-refractivity contribution < 1.29 is 8.42 Å². The van der Waals surface area contributed by atoms with E-state index in [1.807, 2.05) is 4.08 Å². The summed E-state index contributed by atoms with van der Waals surface area (Å²) in [7, 11) is -3.36. The summed E-state index contributed by atoms with van der Waals surface area (Å²) in [5.41, 5.74) is 0. The Bertz CT molecular complexity index is 604. The van der Waals surface area contributed by atoms with Gasteiger partial charge in [-0.2, -0.15) is 0 Å². The van der Waals surface area contributed by atoms with Crippen LogP contribution in [0.4, 0.5) is 0 Å². The molecule has 0 bridgehead atoms. The zero-order chi connectivity index (χ0) is 11.4. The second-order valence-corrected chi connectivity index (χ2v) is 6.98. The van der Waals surface area contributed by atoms with E-state index in [1.54, 1.807) is 48.6 Å². The summed E-state index contributed by atoms with van der Waals surface area (Å²) in [6.45, 7) is 0. The molecule has 0 aromatic heterocycles. The van der Waals surface area contributed by atoms with Crippen LogP contribution in [-0.2, 0) is 9.84 Å². The Hall–Kier alpha value is -0.970. The van der Waals surface area contributed by atoms with Crippen molar-refractivity contribution in [3.8, 4) is 0 Å². The van der Waals surface area contributed by atoms with E-state index in [2.05, 4.69) is 3.67 Å². The summed E-state index contributed by atoms with van der Waals surface area (Å²) >= 11 is -0.261. The molecule has 0 aliphatic carbocycles. The summed E-state index contributed by atoms with van der Waals surface area (Å²) in [6.07, 6.45) is 4.97. The van der Waals surface area contributed by atoms with Crippen LogP contribution in [0.1, 0.15) is 0 Å². The van der Waals surface area contributed by atoms with Gasteiger partial charge in [0.1, 0.15) is 0 Å². The number of hydrogen-bond acceptors (Lipinski definition) is 2. The van der Waals surface area contributed by atoms with Crippen LogP contribution in [0.5, 0.6) is 0 Å². The highest BCUT2D eigenvalue weighted by molar-refractivity contribution is 14.2. The minimum Gasteiger partial charge on any atom is -0.219 e. The fraction of sp³-hybridized carbons (Fsp3) is 0. The maximum Gasteiger partial charge on any atom is 0.206 e. The van der Waals surface area contributed by atoms with Crippen LogP contribution in [0.25, 0.3) is 0 Å². The highest BCUT2D eigenvalue weighted by Crippen LogP contribution is 2.21. The topological polar surface area (TPSA) is 34.1 Å². The molecule has 0 radical (unpaired) electrons. The van der Waals surface area contributed by atoms with E-state index < -0.39 is 9.84 Å². The van der Waals surface area contributed by atoms with Gasteiger partial charge in [-0.25, -0.2) is 8.42 Å². The number of halogens is 1. The molecule has 2 nitrogen and oxygen atoms in total. The van der Waals surface area contributed by atoms with Crippen molar-refractivity contribution in [1.82, 2.24) is 0 Å². The van der Waals surface area contributed by atoms with Crippen LogP contribution in [-0.4, -0.2) is 12.1 Å². The smallest absolute Gasteiger partial charge is 0.206 e. The molecular formula is C12H9IO2S. The first-order valence-electron chi connectivity index (χ1n) is 4.59. The molecule has 0 saturated carbocycles. The predicted molar refractivity (Wildman–Crippen MR) is 74.4 cm³/mol. The van der Waals surface area contributed by atoms with Crippen molar-refractivity contribution in [2.45, 2.75) is 4.90 Å². The Kier molecular flexibility index (Phi) is 3.53. The molecule has 0 saturated heterocycles. The third kappa shape index (κ3) is 2.40. The molecule has 4 heteroatoms.